The lowest BCUT2D eigenvalue weighted by atomic mass is 10.2. The third kappa shape index (κ3) is 7.52. The van der Waals surface area contributed by atoms with Gasteiger partial charge in [0.1, 0.15) is 11.4 Å². The molecule has 0 unspecified atom stereocenters. The number of halogens is 2. The fourth-order valence-electron chi connectivity index (χ4n) is 3.31. The Hall–Kier alpha value is -2.47. The Morgan fingerprint density at radius 2 is 1.71 bits per heavy atom. The summed E-state index contributed by atoms with van der Waals surface area (Å²) in [7, 11) is 0. The Morgan fingerprint density at radius 1 is 1.00 bits per heavy atom. The van der Waals surface area contributed by atoms with E-state index in [1.807, 2.05) is 62.4 Å². The van der Waals surface area contributed by atoms with Crippen LogP contribution in [0.1, 0.15) is 30.8 Å². The van der Waals surface area contributed by atoms with Crippen molar-refractivity contribution in [2.45, 2.75) is 30.9 Å². The minimum Gasteiger partial charge on any atom is -0.491 e. The van der Waals surface area contributed by atoms with Gasteiger partial charge in [-0.3, -0.25) is 4.79 Å². The van der Waals surface area contributed by atoms with Gasteiger partial charge in [-0.15, -0.1) is 11.8 Å². The second-order valence-electron chi connectivity index (χ2n) is 7.45. The lowest BCUT2D eigenvalue weighted by Crippen LogP contribution is -2.28. The number of carbonyl (C=O) groups excluding carboxylic acids is 1. The van der Waals surface area contributed by atoms with Gasteiger partial charge in [-0.05, 0) is 49.8 Å². The fraction of sp³-hybridized carbons (Fsp3) is 0.259. The molecule has 4 nitrogen and oxygen atoms in total. The molecule has 1 amide bonds. The van der Waals surface area contributed by atoms with Crippen LogP contribution in [0, 0.1) is 0 Å². The topological polar surface area (TPSA) is 42.4 Å². The highest BCUT2D eigenvalue weighted by atomic mass is 35.5. The van der Waals surface area contributed by atoms with E-state index < -0.39 is 0 Å². The van der Waals surface area contributed by atoms with Gasteiger partial charge in [0, 0.05) is 36.2 Å². The van der Waals surface area contributed by atoms with Crippen molar-refractivity contribution in [2.24, 2.45) is 0 Å². The summed E-state index contributed by atoms with van der Waals surface area (Å²) in [5.74, 6) is 1.17. The highest BCUT2D eigenvalue weighted by Crippen LogP contribution is 2.35. The van der Waals surface area contributed by atoms with Crippen LogP contribution >= 0.6 is 35.0 Å². The second-order valence-corrected chi connectivity index (χ2v) is 9.25. The smallest absolute Gasteiger partial charge is 0.246 e. The predicted octanol–water partition coefficient (Wildman–Crippen LogP) is 7.18. The van der Waals surface area contributed by atoms with Crippen molar-refractivity contribution in [3.05, 3.63) is 93.7 Å². The number of likely N-dealkylation sites (N-methyl/N-ethyl adjacent to an activating group) is 1. The third-order valence-corrected chi connectivity index (χ3v) is 7.20. The van der Waals surface area contributed by atoms with Crippen molar-refractivity contribution in [3.63, 3.8) is 0 Å². The maximum absolute atomic E-state index is 12.5. The molecule has 0 aliphatic carbocycles. The molecule has 0 radical (unpaired) electrons. The van der Waals surface area contributed by atoms with E-state index in [0.29, 0.717) is 46.9 Å². The van der Waals surface area contributed by atoms with Gasteiger partial charge in [0.15, 0.2) is 0 Å². The van der Waals surface area contributed by atoms with Crippen molar-refractivity contribution in [2.75, 3.05) is 19.7 Å². The average molecular weight is 516 g/mol. The van der Waals surface area contributed by atoms with Gasteiger partial charge in [0.2, 0.25) is 5.91 Å². The van der Waals surface area contributed by atoms with Gasteiger partial charge in [-0.25, -0.2) is 4.98 Å². The molecule has 0 aliphatic heterocycles. The van der Waals surface area contributed by atoms with Crippen LogP contribution in [0.2, 0.25) is 10.0 Å². The number of amides is 1. The molecule has 0 saturated heterocycles. The fourth-order valence-corrected chi connectivity index (χ4v) is 4.90. The van der Waals surface area contributed by atoms with E-state index >= 15 is 0 Å². The molecule has 0 bridgehead atoms. The number of carbonyl (C=O) groups is 1. The van der Waals surface area contributed by atoms with E-state index in [4.69, 9.17) is 32.9 Å². The summed E-state index contributed by atoms with van der Waals surface area (Å²) in [6, 6.07) is 19.5. The third-order valence-electron chi connectivity index (χ3n) is 5.18. The number of hydrogen-bond donors (Lipinski definition) is 0. The molecule has 0 atom stereocenters. The van der Waals surface area contributed by atoms with Gasteiger partial charge in [0.05, 0.1) is 22.3 Å². The lowest BCUT2D eigenvalue weighted by Gasteiger charge is -2.16. The molecular weight excluding hydrogens is 487 g/mol. The quantitative estimate of drug-likeness (QED) is 0.200. The Morgan fingerprint density at radius 3 is 2.38 bits per heavy atom. The molecule has 2 aromatic carbocycles. The van der Waals surface area contributed by atoms with E-state index in [0.717, 1.165) is 17.0 Å². The van der Waals surface area contributed by atoms with Crippen molar-refractivity contribution < 1.29 is 9.53 Å². The number of thioether (sulfide) groups is 1. The molecule has 1 aromatic heterocycles. The summed E-state index contributed by atoms with van der Waals surface area (Å²) >= 11 is 14.1. The Labute approximate surface area is 215 Å². The Balaban J connectivity index is 1.77. The molecule has 0 aliphatic rings. The molecule has 3 rings (SSSR count). The highest BCUT2D eigenvalue weighted by molar-refractivity contribution is 7.98. The number of aromatic nitrogens is 1. The first-order chi connectivity index (χ1) is 16.5. The van der Waals surface area contributed by atoms with Crippen molar-refractivity contribution in [3.8, 4) is 5.75 Å². The monoisotopic (exact) mass is 514 g/mol. The minimum atomic E-state index is -0.0512. The molecule has 3 aromatic rings. The SMILES string of the molecule is CCN(CC)C(=O)C=Cc1nc(CSc2c(Cl)cccc2Cl)ccc1OCCc1ccccc1. The summed E-state index contributed by atoms with van der Waals surface area (Å²) in [5, 5.41) is 1.23. The van der Waals surface area contributed by atoms with Gasteiger partial charge in [-0.1, -0.05) is 59.6 Å². The standard InChI is InChI=1S/C27H28Cl2N2O2S/c1-3-31(4-2)26(32)16-14-24-25(33-18-17-20-9-6-5-7-10-20)15-13-21(30-24)19-34-27-22(28)11-8-12-23(27)29/h5-16H,3-4,17-19H2,1-2H3. The summed E-state index contributed by atoms with van der Waals surface area (Å²) < 4.78 is 6.05. The number of benzene rings is 2. The van der Waals surface area contributed by atoms with E-state index in [-0.39, 0.29) is 5.91 Å². The molecule has 1 heterocycles. The Bertz CT molecular complexity index is 1100. The normalized spacial score (nSPS) is 11.1. The zero-order chi connectivity index (χ0) is 24.3. The van der Waals surface area contributed by atoms with Crippen LogP contribution in [0.5, 0.6) is 5.75 Å². The molecule has 34 heavy (non-hydrogen) atoms. The van der Waals surface area contributed by atoms with E-state index in [1.165, 1.54) is 17.3 Å². The van der Waals surface area contributed by atoms with Crippen LogP contribution < -0.4 is 4.74 Å². The maximum atomic E-state index is 12.5. The number of nitrogens with zero attached hydrogens (tertiary/aromatic N) is 2. The first-order valence-electron chi connectivity index (χ1n) is 11.2. The second kappa shape index (κ2) is 13.4. The number of rotatable bonds is 11. The first-order valence-corrected chi connectivity index (χ1v) is 13.0. The largest absolute Gasteiger partial charge is 0.491 e. The van der Waals surface area contributed by atoms with Gasteiger partial charge in [0.25, 0.3) is 0 Å². The van der Waals surface area contributed by atoms with Crippen LogP contribution in [0.4, 0.5) is 0 Å². The van der Waals surface area contributed by atoms with Crippen molar-refractivity contribution in [1.29, 1.82) is 0 Å². The molecule has 7 heteroatoms. The predicted molar refractivity (Wildman–Crippen MR) is 143 cm³/mol. The van der Waals surface area contributed by atoms with Crippen LogP contribution in [-0.4, -0.2) is 35.5 Å². The van der Waals surface area contributed by atoms with Crippen LogP contribution in [0.15, 0.2) is 71.6 Å². The molecule has 0 spiro atoms. The first kappa shape index (κ1) is 26.1. The molecule has 178 valence electrons. The molecule has 0 saturated carbocycles. The summed E-state index contributed by atoms with van der Waals surface area (Å²) in [4.78, 5) is 19.8. The molecular formula is C27H28Cl2N2O2S. The lowest BCUT2D eigenvalue weighted by molar-refractivity contribution is -0.125. The molecule has 0 fully saturated rings. The summed E-state index contributed by atoms with van der Waals surface area (Å²) in [6.07, 6.45) is 4.07. The zero-order valence-electron chi connectivity index (χ0n) is 19.3. The van der Waals surface area contributed by atoms with Crippen molar-refractivity contribution in [1.82, 2.24) is 9.88 Å². The zero-order valence-corrected chi connectivity index (χ0v) is 21.7. The number of hydrogen-bond acceptors (Lipinski definition) is 4. The average Bonchev–Trinajstić information content (AvgIpc) is 2.85. The van der Waals surface area contributed by atoms with Gasteiger partial charge < -0.3 is 9.64 Å². The summed E-state index contributed by atoms with van der Waals surface area (Å²) in [6.45, 7) is 5.75. The van der Waals surface area contributed by atoms with E-state index in [2.05, 4.69) is 12.1 Å². The van der Waals surface area contributed by atoms with Gasteiger partial charge >= 0.3 is 0 Å². The van der Waals surface area contributed by atoms with E-state index in [1.54, 1.807) is 17.1 Å². The van der Waals surface area contributed by atoms with Crippen LogP contribution in [0.25, 0.3) is 6.08 Å². The minimum absolute atomic E-state index is 0.0512. The maximum Gasteiger partial charge on any atom is 0.246 e. The number of ether oxygens (including phenoxy) is 1. The summed E-state index contributed by atoms with van der Waals surface area (Å²) in [5.41, 5.74) is 2.66. The van der Waals surface area contributed by atoms with Gasteiger partial charge in [-0.2, -0.15) is 0 Å². The Kier molecular flexibility index (Phi) is 10.3. The van der Waals surface area contributed by atoms with E-state index in [9.17, 15) is 4.79 Å². The molecule has 0 N–H and O–H groups in total. The van der Waals surface area contributed by atoms with Crippen LogP contribution in [0.3, 0.4) is 0 Å². The van der Waals surface area contributed by atoms with Crippen LogP contribution in [-0.2, 0) is 17.0 Å². The number of pyridine rings is 1. The highest BCUT2D eigenvalue weighted by Gasteiger charge is 2.11. The van der Waals surface area contributed by atoms with Crippen molar-refractivity contribution >= 4 is 46.9 Å².